The van der Waals surface area contributed by atoms with Crippen molar-refractivity contribution in [2.75, 3.05) is 0 Å². The van der Waals surface area contributed by atoms with Crippen molar-refractivity contribution >= 4 is 28.3 Å². The first-order valence-corrected chi connectivity index (χ1v) is 2.92. The fraction of sp³-hybridized carbons (Fsp3) is 0.250. The maximum absolute atomic E-state index is 5.19. The highest BCUT2D eigenvalue weighted by molar-refractivity contribution is 9.10. The topological polar surface area (TPSA) is 52.0 Å². The van der Waals surface area contributed by atoms with E-state index >= 15 is 0 Å². The molecule has 0 saturated carbocycles. The summed E-state index contributed by atoms with van der Waals surface area (Å²) in [5, 5.41) is 0. The molecular formula is C4H6BrClN2O. The molecule has 2 N–H and O–H groups in total. The second-order valence-corrected chi connectivity index (χ2v) is 2.04. The summed E-state index contributed by atoms with van der Waals surface area (Å²) in [4.78, 5) is 3.80. The predicted molar refractivity (Wildman–Crippen MR) is 39.3 cm³/mol. The molecule has 0 amide bonds. The molecule has 0 radical (unpaired) electrons. The Labute approximate surface area is 67.2 Å². The number of hydrogen-bond acceptors (Lipinski definition) is 3. The largest absolute Gasteiger partial charge is 0.433 e. The van der Waals surface area contributed by atoms with Gasteiger partial charge in [0.2, 0.25) is 5.89 Å². The standard InChI is InChI=1S/C4H5BrN2O.ClH/c5-3-2-7-4(1-6)8-3;/h2H,1,6H2;1H. The zero-order chi connectivity index (χ0) is 5.98. The van der Waals surface area contributed by atoms with Crippen LogP contribution in [0.25, 0.3) is 0 Å². The maximum Gasteiger partial charge on any atom is 0.209 e. The van der Waals surface area contributed by atoms with E-state index in [9.17, 15) is 0 Å². The van der Waals surface area contributed by atoms with Crippen LogP contribution < -0.4 is 5.73 Å². The van der Waals surface area contributed by atoms with Crippen molar-refractivity contribution in [2.45, 2.75) is 6.54 Å². The van der Waals surface area contributed by atoms with Crippen LogP contribution in [0.2, 0.25) is 0 Å². The summed E-state index contributed by atoms with van der Waals surface area (Å²) in [6, 6.07) is 0. The van der Waals surface area contributed by atoms with E-state index in [4.69, 9.17) is 10.2 Å². The van der Waals surface area contributed by atoms with Crippen molar-refractivity contribution in [3.8, 4) is 0 Å². The van der Waals surface area contributed by atoms with Crippen LogP contribution in [-0.2, 0) is 6.54 Å². The van der Waals surface area contributed by atoms with Gasteiger partial charge in [0, 0.05) is 0 Å². The van der Waals surface area contributed by atoms with Crippen LogP contribution in [0, 0.1) is 0 Å². The van der Waals surface area contributed by atoms with Crippen LogP contribution in [0.15, 0.2) is 15.3 Å². The van der Waals surface area contributed by atoms with E-state index in [1.807, 2.05) is 0 Å². The van der Waals surface area contributed by atoms with Crippen molar-refractivity contribution in [2.24, 2.45) is 5.73 Å². The highest BCUT2D eigenvalue weighted by Crippen LogP contribution is 2.09. The molecular weight excluding hydrogens is 207 g/mol. The third-order valence-corrected chi connectivity index (χ3v) is 1.07. The molecule has 0 aliphatic carbocycles. The van der Waals surface area contributed by atoms with Gasteiger partial charge in [-0.15, -0.1) is 12.4 Å². The van der Waals surface area contributed by atoms with Gasteiger partial charge in [0.1, 0.15) is 0 Å². The molecule has 0 spiro atoms. The van der Waals surface area contributed by atoms with Crippen molar-refractivity contribution in [1.82, 2.24) is 4.98 Å². The van der Waals surface area contributed by atoms with Crippen LogP contribution in [0.4, 0.5) is 0 Å². The van der Waals surface area contributed by atoms with Crippen molar-refractivity contribution < 1.29 is 4.42 Å². The van der Waals surface area contributed by atoms with Gasteiger partial charge in [-0.3, -0.25) is 0 Å². The number of oxazole rings is 1. The average molecular weight is 213 g/mol. The first kappa shape index (κ1) is 8.94. The van der Waals surface area contributed by atoms with Gasteiger partial charge in [0.25, 0.3) is 0 Å². The monoisotopic (exact) mass is 212 g/mol. The predicted octanol–water partition coefficient (Wildman–Crippen LogP) is 1.32. The molecule has 0 aliphatic heterocycles. The van der Waals surface area contributed by atoms with Gasteiger partial charge < -0.3 is 10.2 Å². The maximum atomic E-state index is 5.19. The summed E-state index contributed by atoms with van der Waals surface area (Å²) in [7, 11) is 0. The molecule has 52 valence electrons. The zero-order valence-electron chi connectivity index (χ0n) is 4.50. The lowest BCUT2D eigenvalue weighted by Gasteiger charge is -1.80. The van der Waals surface area contributed by atoms with Crippen molar-refractivity contribution in [3.63, 3.8) is 0 Å². The summed E-state index contributed by atoms with van der Waals surface area (Å²) in [5.41, 5.74) is 5.19. The Hall–Kier alpha value is -0.0600. The summed E-state index contributed by atoms with van der Waals surface area (Å²) < 4.78 is 5.54. The van der Waals surface area contributed by atoms with Crippen LogP contribution in [0.3, 0.4) is 0 Å². The van der Waals surface area contributed by atoms with Crippen LogP contribution in [0.1, 0.15) is 5.89 Å². The Morgan fingerprint density at radius 1 is 1.78 bits per heavy atom. The van der Waals surface area contributed by atoms with Crippen molar-refractivity contribution in [3.05, 3.63) is 16.8 Å². The Morgan fingerprint density at radius 3 is 2.67 bits per heavy atom. The fourth-order valence-corrected chi connectivity index (χ4v) is 0.672. The summed E-state index contributed by atoms with van der Waals surface area (Å²) in [6.45, 7) is 0.353. The minimum absolute atomic E-state index is 0. The Morgan fingerprint density at radius 2 is 2.44 bits per heavy atom. The van der Waals surface area contributed by atoms with E-state index < -0.39 is 0 Å². The van der Waals surface area contributed by atoms with E-state index in [1.54, 1.807) is 6.20 Å². The Bertz CT molecular complexity index is 179. The quantitative estimate of drug-likeness (QED) is 0.765. The molecule has 0 bridgehead atoms. The zero-order valence-corrected chi connectivity index (χ0v) is 6.91. The molecule has 5 heteroatoms. The molecule has 1 heterocycles. The number of nitrogens with zero attached hydrogens (tertiary/aromatic N) is 1. The number of aromatic nitrogens is 1. The van der Waals surface area contributed by atoms with Gasteiger partial charge in [-0.1, -0.05) is 0 Å². The number of nitrogens with two attached hydrogens (primary N) is 1. The SMILES string of the molecule is Cl.NCc1ncc(Br)o1. The molecule has 0 atom stereocenters. The fourth-order valence-electron chi connectivity index (χ4n) is 0.382. The number of hydrogen-bond donors (Lipinski definition) is 1. The second-order valence-electron chi connectivity index (χ2n) is 1.26. The van der Waals surface area contributed by atoms with Gasteiger partial charge in [0.05, 0.1) is 12.7 Å². The molecule has 1 aromatic rings. The summed E-state index contributed by atoms with van der Waals surface area (Å²) in [6.07, 6.45) is 1.57. The van der Waals surface area contributed by atoms with Gasteiger partial charge in [-0.2, -0.15) is 0 Å². The van der Waals surface area contributed by atoms with E-state index in [-0.39, 0.29) is 12.4 Å². The highest BCUT2D eigenvalue weighted by Gasteiger charge is 1.94. The van der Waals surface area contributed by atoms with Crippen LogP contribution in [0.5, 0.6) is 0 Å². The number of halogens is 2. The first-order chi connectivity index (χ1) is 3.83. The average Bonchev–Trinajstić information content (AvgIpc) is 2.14. The number of rotatable bonds is 1. The van der Waals surface area contributed by atoms with E-state index in [2.05, 4.69) is 20.9 Å². The molecule has 0 fully saturated rings. The van der Waals surface area contributed by atoms with Crippen molar-refractivity contribution in [1.29, 1.82) is 0 Å². The van der Waals surface area contributed by atoms with Crippen LogP contribution in [-0.4, -0.2) is 4.98 Å². The summed E-state index contributed by atoms with van der Waals surface area (Å²) in [5.74, 6) is 0.553. The highest BCUT2D eigenvalue weighted by atomic mass is 79.9. The third-order valence-electron chi connectivity index (χ3n) is 0.700. The van der Waals surface area contributed by atoms with Gasteiger partial charge in [0.15, 0.2) is 4.67 Å². The molecule has 0 unspecified atom stereocenters. The minimum Gasteiger partial charge on any atom is -0.433 e. The van der Waals surface area contributed by atoms with Gasteiger partial charge >= 0.3 is 0 Å². The smallest absolute Gasteiger partial charge is 0.209 e. The molecule has 0 aromatic carbocycles. The molecule has 1 rings (SSSR count). The second kappa shape index (κ2) is 3.87. The van der Waals surface area contributed by atoms with E-state index in [1.165, 1.54) is 0 Å². The lowest BCUT2D eigenvalue weighted by atomic mass is 10.7. The minimum atomic E-state index is 0. The Kier molecular flexibility index (Phi) is 3.84. The lowest BCUT2D eigenvalue weighted by Crippen LogP contribution is -1.94. The van der Waals surface area contributed by atoms with Crippen LogP contribution >= 0.6 is 28.3 Å². The van der Waals surface area contributed by atoms with Gasteiger partial charge in [-0.25, -0.2) is 4.98 Å². The first-order valence-electron chi connectivity index (χ1n) is 2.13. The molecule has 0 aliphatic rings. The molecule has 3 nitrogen and oxygen atoms in total. The van der Waals surface area contributed by atoms with E-state index in [0.717, 1.165) is 0 Å². The van der Waals surface area contributed by atoms with E-state index in [0.29, 0.717) is 17.1 Å². The lowest BCUT2D eigenvalue weighted by molar-refractivity contribution is 0.478. The molecule has 1 aromatic heterocycles. The van der Waals surface area contributed by atoms with Gasteiger partial charge in [-0.05, 0) is 15.9 Å². The summed E-state index contributed by atoms with van der Waals surface area (Å²) >= 11 is 3.09. The molecule has 9 heavy (non-hydrogen) atoms. The Balaban J connectivity index is 0.000000640. The third kappa shape index (κ3) is 2.34. The molecule has 0 saturated heterocycles. The normalized spacial score (nSPS) is 8.67.